The Morgan fingerprint density at radius 3 is 2.70 bits per heavy atom. The lowest BCUT2D eigenvalue weighted by Crippen LogP contribution is -2.47. The van der Waals surface area contributed by atoms with Gasteiger partial charge in [0.15, 0.2) is 0 Å². The Labute approximate surface area is 159 Å². The summed E-state index contributed by atoms with van der Waals surface area (Å²) < 4.78 is 0. The Morgan fingerprint density at radius 1 is 1.30 bits per heavy atom. The molecule has 7 nitrogen and oxygen atoms in total. The first-order valence-electron chi connectivity index (χ1n) is 9.61. The lowest BCUT2D eigenvalue weighted by atomic mass is 9.90. The number of nitrogens with zero attached hydrogens (tertiary/aromatic N) is 2. The standard InChI is InChI=1S/C20H26N4O3/c1-12(2)10-14-4-3-5-15-18(14)19-21-17(25)11-16(24(19)22-15)13-6-8-23(9-7-13)20(26)27/h3-5,11-13,19,22H,6-10H2,1-2H3,(H,21,25)(H,26,27). The van der Waals surface area contributed by atoms with Gasteiger partial charge in [0.25, 0.3) is 0 Å². The second-order valence-corrected chi connectivity index (χ2v) is 7.98. The lowest BCUT2D eigenvalue weighted by Gasteiger charge is -2.39. The maximum Gasteiger partial charge on any atom is 0.407 e. The molecule has 0 radical (unpaired) electrons. The number of rotatable bonds is 3. The van der Waals surface area contributed by atoms with Crippen molar-refractivity contribution in [2.75, 3.05) is 18.5 Å². The van der Waals surface area contributed by atoms with E-state index >= 15 is 0 Å². The number of carbonyl (C=O) groups is 2. The van der Waals surface area contributed by atoms with Crippen molar-refractivity contribution in [1.82, 2.24) is 15.2 Å². The fourth-order valence-electron chi connectivity index (χ4n) is 4.39. The highest BCUT2D eigenvalue weighted by molar-refractivity contribution is 5.90. The van der Waals surface area contributed by atoms with Crippen LogP contribution in [0.15, 0.2) is 30.0 Å². The number of likely N-dealkylation sites (tertiary alicyclic amines) is 1. The van der Waals surface area contributed by atoms with Crippen LogP contribution < -0.4 is 10.7 Å². The SMILES string of the molecule is CC(C)Cc1cccc2c1C1NC(=O)C=C(C3CCN(C(=O)O)CC3)N1N2. The number of hydrazine groups is 1. The van der Waals surface area contributed by atoms with E-state index in [0.29, 0.717) is 19.0 Å². The Kier molecular flexibility index (Phi) is 4.45. The Hall–Kier alpha value is -2.70. The first kappa shape index (κ1) is 17.7. The van der Waals surface area contributed by atoms with E-state index in [9.17, 15) is 14.7 Å². The molecule has 1 fully saturated rings. The van der Waals surface area contributed by atoms with E-state index in [-0.39, 0.29) is 18.0 Å². The van der Waals surface area contributed by atoms with Gasteiger partial charge in [-0.3, -0.25) is 15.2 Å². The maximum absolute atomic E-state index is 12.4. The number of hydrogen-bond donors (Lipinski definition) is 3. The van der Waals surface area contributed by atoms with Crippen LogP contribution in [0.5, 0.6) is 0 Å². The molecule has 3 N–H and O–H groups in total. The van der Waals surface area contributed by atoms with Gasteiger partial charge in [-0.25, -0.2) is 4.79 Å². The second-order valence-electron chi connectivity index (χ2n) is 7.98. The van der Waals surface area contributed by atoms with E-state index in [2.05, 4.69) is 41.7 Å². The van der Waals surface area contributed by atoms with Gasteiger partial charge in [0, 0.05) is 36.3 Å². The van der Waals surface area contributed by atoms with Crippen molar-refractivity contribution in [3.63, 3.8) is 0 Å². The van der Waals surface area contributed by atoms with Crippen molar-refractivity contribution in [1.29, 1.82) is 0 Å². The van der Waals surface area contributed by atoms with Gasteiger partial charge in [-0.15, -0.1) is 0 Å². The summed E-state index contributed by atoms with van der Waals surface area (Å²) >= 11 is 0. The van der Waals surface area contributed by atoms with Crippen LogP contribution in [0.4, 0.5) is 10.5 Å². The van der Waals surface area contributed by atoms with E-state index in [1.54, 1.807) is 6.08 Å². The molecule has 0 bridgehead atoms. The van der Waals surface area contributed by atoms with Gasteiger partial charge in [-0.2, -0.15) is 0 Å². The molecule has 27 heavy (non-hydrogen) atoms. The molecule has 0 saturated carbocycles. The molecule has 0 aliphatic carbocycles. The summed E-state index contributed by atoms with van der Waals surface area (Å²) in [6.45, 7) is 5.40. The topological polar surface area (TPSA) is 84.9 Å². The van der Waals surface area contributed by atoms with Crippen LogP contribution in [0.1, 0.15) is 44.0 Å². The Morgan fingerprint density at radius 2 is 2.04 bits per heavy atom. The minimum absolute atomic E-state index is 0.0825. The number of piperidine rings is 1. The van der Waals surface area contributed by atoms with Gasteiger partial charge >= 0.3 is 6.09 Å². The third-order valence-corrected chi connectivity index (χ3v) is 5.62. The number of benzene rings is 1. The molecular formula is C20H26N4O3. The van der Waals surface area contributed by atoms with Gasteiger partial charge in [0.2, 0.25) is 5.91 Å². The van der Waals surface area contributed by atoms with Crippen molar-refractivity contribution < 1.29 is 14.7 Å². The molecule has 0 aromatic heterocycles. The molecule has 4 rings (SSSR count). The van der Waals surface area contributed by atoms with Crippen LogP contribution >= 0.6 is 0 Å². The van der Waals surface area contributed by atoms with E-state index in [1.165, 1.54) is 10.5 Å². The molecule has 2 amide bonds. The molecule has 1 unspecified atom stereocenters. The molecular weight excluding hydrogens is 344 g/mol. The number of allylic oxidation sites excluding steroid dienone is 1. The maximum atomic E-state index is 12.4. The van der Waals surface area contributed by atoms with Gasteiger partial charge in [0.1, 0.15) is 6.17 Å². The van der Waals surface area contributed by atoms with Crippen LogP contribution in [0, 0.1) is 11.8 Å². The molecule has 3 aliphatic rings. The molecule has 1 aromatic carbocycles. The predicted octanol–water partition coefficient (Wildman–Crippen LogP) is 2.93. The average Bonchev–Trinajstić information content (AvgIpc) is 3.00. The summed E-state index contributed by atoms with van der Waals surface area (Å²) in [6.07, 6.45) is 3.00. The second kappa shape index (κ2) is 6.79. The Bertz CT molecular complexity index is 796. The Balaban J connectivity index is 1.60. The highest BCUT2D eigenvalue weighted by atomic mass is 16.4. The molecule has 1 aromatic rings. The number of hydrogen-bond acceptors (Lipinski definition) is 4. The summed E-state index contributed by atoms with van der Waals surface area (Å²) in [4.78, 5) is 25.0. The number of anilines is 1. The van der Waals surface area contributed by atoms with Gasteiger partial charge in [-0.05, 0) is 36.8 Å². The highest BCUT2D eigenvalue weighted by Gasteiger charge is 2.40. The van der Waals surface area contributed by atoms with Crippen molar-refractivity contribution in [2.45, 2.75) is 39.3 Å². The molecule has 1 atom stereocenters. The van der Waals surface area contributed by atoms with Gasteiger partial charge in [0.05, 0.1) is 5.69 Å². The lowest BCUT2D eigenvalue weighted by molar-refractivity contribution is -0.119. The van der Waals surface area contributed by atoms with Crippen molar-refractivity contribution in [2.24, 2.45) is 11.8 Å². The zero-order valence-electron chi connectivity index (χ0n) is 15.7. The largest absolute Gasteiger partial charge is 0.465 e. The third-order valence-electron chi connectivity index (χ3n) is 5.62. The highest BCUT2D eigenvalue weighted by Crippen LogP contribution is 2.43. The van der Waals surface area contributed by atoms with Crippen LogP contribution in [-0.2, 0) is 11.2 Å². The van der Waals surface area contributed by atoms with Crippen LogP contribution in [0.25, 0.3) is 0 Å². The molecule has 7 heteroatoms. The monoisotopic (exact) mass is 370 g/mol. The van der Waals surface area contributed by atoms with E-state index in [4.69, 9.17) is 0 Å². The fourth-order valence-corrected chi connectivity index (χ4v) is 4.39. The number of carboxylic acid groups (broad SMARTS) is 1. The summed E-state index contributed by atoms with van der Waals surface area (Å²) in [5.74, 6) is 0.616. The smallest absolute Gasteiger partial charge is 0.407 e. The quantitative estimate of drug-likeness (QED) is 0.762. The molecule has 3 heterocycles. The molecule has 3 aliphatic heterocycles. The van der Waals surface area contributed by atoms with Crippen molar-refractivity contribution >= 4 is 17.7 Å². The average molecular weight is 370 g/mol. The van der Waals surface area contributed by atoms with Crippen LogP contribution in [0.3, 0.4) is 0 Å². The minimum Gasteiger partial charge on any atom is -0.465 e. The zero-order chi connectivity index (χ0) is 19.1. The first-order valence-corrected chi connectivity index (χ1v) is 9.61. The van der Waals surface area contributed by atoms with Gasteiger partial charge < -0.3 is 15.3 Å². The summed E-state index contributed by atoms with van der Waals surface area (Å²) in [5.41, 5.74) is 7.87. The van der Waals surface area contributed by atoms with E-state index < -0.39 is 6.09 Å². The van der Waals surface area contributed by atoms with Gasteiger partial charge in [-0.1, -0.05) is 26.0 Å². The number of carbonyl (C=O) groups excluding carboxylic acids is 1. The minimum atomic E-state index is -0.869. The summed E-state index contributed by atoms with van der Waals surface area (Å²) in [7, 11) is 0. The summed E-state index contributed by atoms with van der Waals surface area (Å²) in [6, 6.07) is 6.24. The number of fused-ring (bicyclic) bond motifs is 3. The van der Waals surface area contributed by atoms with Crippen molar-refractivity contribution in [3.05, 3.63) is 41.1 Å². The van der Waals surface area contributed by atoms with Crippen LogP contribution in [0.2, 0.25) is 0 Å². The van der Waals surface area contributed by atoms with E-state index in [1.807, 2.05) is 6.07 Å². The summed E-state index contributed by atoms with van der Waals surface area (Å²) in [5, 5.41) is 14.3. The molecule has 0 spiro atoms. The fraction of sp³-hybridized carbons (Fsp3) is 0.500. The van der Waals surface area contributed by atoms with Crippen LogP contribution in [-0.4, -0.2) is 40.1 Å². The molecule has 144 valence electrons. The van der Waals surface area contributed by atoms with Crippen molar-refractivity contribution in [3.8, 4) is 0 Å². The number of nitrogens with one attached hydrogen (secondary N) is 2. The van der Waals surface area contributed by atoms with E-state index in [0.717, 1.165) is 36.2 Å². The number of amides is 2. The molecule has 1 saturated heterocycles. The normalized spacial score (nSPS) is 22.1. The first-order chi connectivity index (χ1) is 12.9. The third kappa shape index (κ3) is 3.22. The zero-order valence-corrected chi connectivity index (χ0v) is 15.7. The predicted molar refractivity (Wildman–Crippen MR) is 102 cm³/mol.